The molecule has 2 N–H and O–H groups in total. The van der Waals surface area contributed by atoms with Crippen LogP contribution in [0.5, 0.6) is 5.75 Å². The molecule has 0 amide bonds. The summed E-state index contributed by atoms with van der Waals surface area (Å²) in [6.45, 7) is 4.48. The van der Waals surface area contributed by atoms with Crippen LogP contribution in [0, 0.1) is 6.92 Å². The smallest absolute Gasteiger partial charge is 0.115 e. The molecule has 0 aliphatic heterocycles. The van der Waals surface area contributed by atoms with Crippen LogP contribution in [0.25, 0.3) is 11.3 Å². The van der Waals surface area contributed by atoms with Crippen molar-refractivity contribution in [2.45, 2.75) is 32.9 Å². The molecular formula is C18H20N2O2S. The summed E-state index contributed by atoms with van der Waals surface area (Å²) in [7, 11) is 0. The maximum absolute atomic E-state index is 9.87. The van der Waals surface area contributed by atoms with Crippen LogP contribution in [0.3, 0.4) is 0 Å². The first-order valence-corrected chi connectivity index (χ1v) is 8.52. The van der Waals surface area contributed by atoms with Crippen molar-refractivity contribution in [2.24, 2.45) is 0 Å². The number of phenolic OH excluding ortho intramolecular Hbond substituents is 1. The third-order valence-corrected chi connectivity index (χ3v) is 4.67. The highest BCUT2D eigenvalue weighted by molar-refractivity contribution is 7.08. The number of thiophene rings is 1. The second kappa shape index (κ2) is 6.56. The molecule has 0 aliphatic carbocycles. The third-order valence-electron chi connectivity index (χ3n) is 3.81. The van der Waals surface area contributed by atoms with Gasteiger partial charge in [-0.1, -0.05) is 12.1 Å². The highest BCUT2D eigenvalue weighted by Gasteiger charge is 2.17. The van der Waals surface area contributed by atoms with Crippen LogP contribution in [0.1, 0.15) is 23.7 Å². The molecule has 2 heterocycles. The summed E-state index contributed by atoms with van der Waals surface area (Å²) < 4.78 is 2.05. The number of aromatic hydroxyl groups is 1. The van der Waals surface area contributed by atoms with E-state index in [2.05, 4.69) is 22.7 Å². The van der Waals surface area contributed by atoms with E-state index in [1.165, 1.54) is 5.56 Å². The van der Waals surface area contributed by atoms with Crippen LogP contribution >= 0.6 is 11.3 Å². The number of aryl methyl sites for hydroxylation is 1. The van der Waals surface area contributed by atoms with Crippen LogP contribution in [0.4, 0.5) is 0 Å². The van der Waals surface area contributed by atoms with Crippen LogP contribution in [0.15, 0.2) is 41.4 Å². The number of aliphatic hydroxyl groups excluding tert-OH is 1. The Hall–Kier alpha value is -2.11. The van der Waals surface area contributed by atoms with Gasteiger partial charge in [-0.05, 0) is 42.5 Å². The first-order chi connectivity index (χ1) is 11.0. The molecule has 3 aromatic rings. The molecule has 5 heteroatoms. The zero-order valence-corrected chi connectivity index (χ0v) is 14.0. The Morgan fingerprint density at radius 1 is 1.30 bits per heavy atom. The molecule has 0 spiro atoms. The van der Waals surface area contributed by atoms with E-state index in [0.717, 1.165) is 22.5 Å². The Labute approximate surface area is 139 Å². The van der Waals surface area contributed by atoms with Gasteiger partial charge in [0.15, 0.2) is 0 Å². The lowest BCUT2D eigenvalue weighted by atomic mass is 10.1. The Morgan fingerprint density at radius 3 is 2.78 bits per heavy atom. The minimum Gasteiger partial charge on any atom is -0.508 e. The lowest BCUT2D eigenvalue weighted by molar-refractivity contribution is 0.193. The van der Waals surface area contributed by atoms with Gasteiger partial charge >= 0.3 is 0 Å². The van der Waals surface area contributed by atoms with Crippen molar-refractivity contribution in [3.8, 4) is 17.0 Å². The summed E-state index contributed by atoms with van der Waals surface area (Å²) in [4.78, 5) is 4.59. The molecular weight excluding hydrogens is 308 g/mol. The van der Waals surface area contributed by atoms with Gasteiger partial charge < -0.3 is 14.8 Å². The second-order valence-corrected chi connectivity index (χ2v) is 6.60. The van der Waals surface area contributed by atoms with Crippen LogP contribution in [-0.4, -0.2) is 25.9 Å². The first-order valence-electron chi connectivity index (χ1n) is 7.57. The monoisotopic (exact) mass is 328 g/mol. The summed E-state index contributed by atoms with van der Waals surface area (Å²) in [5.74, 6) is 0.258. The largest absolute Gasteiger partial charge is 0.508 e. The van der Waals surface area contributed by atoms with Gasteiger partial charge in [-0.3, -0.25) is 0 Å². The maximum Gasteiger partial charge on any atom is 0.115 e. The predicted molar refractivity (Wildman–Crippen MR) is 92.9 cm³/mol. The molecule has 1 unspecified atom stereocenters. The van der Waals surface area contributed by atoms with E-state index >= 15 is 0 Å². The van der Waals surface area contributed by atoms with Crippen molar-refractivity contribution >= 4 is 11.3 Å². The number of aromatic nitrogens is 2. The number of rotatable bonds is 5. The van der Waals surface area contributed by atoms with Gasteiger partial charge in [0.1, 0.15) is 5.75 Å². The number of benzene rings is 1. The fourth-order valence-corrected chi connectivity index (χ4v) is 3.55. The van der Waals surface area contributed by atoms with Crippen molar-refractivity contribution in [1.82, 2.24) is 9.55 Å². The fourth-order valence-electron chi connectivity index (χ4n) is 2.72. The van der Waals surface area contributed by atoms with Crippen molar-refractivity contribution < 1.29 is 10.2 Å². The lowest BCUT2D eigenvalue weighted by Crippen LogP contribution is -2.11. The minimum atomic E-state index is -0.438. The highest BCUT2D eigenvalue weighted by Crippen LogP contribution is 2.29. The fraction of sp³-hybridized carbons (Fsp3) is 0.278. The van der Waals surface area contributed by atoms with E-state index in [9.17, 15) is 10.2 Å². The molecule has 120 valence electrons. The molecule has 23 heavy (non-hydrogen) atoms. The molecule has 0 bridgehead atoms. The van der Waals surface area contributed by atoms with Gasteiger partial charge in [-0.2, -0.15) is 11.3 Å². The summed E-state index contributed by atoms with van der Waals surface area (Å²) in [5, 5.41) is 23.7. The topological polar surface area (TPSA) is 58.3 Å². The number of hydrogen-bond acceptors (Lipinski definition) is 4. The van der Waals surface area contributed by atoms with Crippen molar-refractivity contribution in [3.05, 3.63) is 58.2 Å². The van der Waals surface area contributed by atoms with Gasteiger partial charge in [-0.15, -0.1) is 0 Å². The van der Waals surface area contributed by atoms with Crippen LogP contribution in [0.2, 0.25) is 0 Å². The Balaban J connectivity index is 2.00. The van der Waals surface area contributed by atoms with Gasteiger partial charge in [0.25, 0.3) is 0 Å². The maximum atomic E-state index is 9.87. The van der Waals surface area contributed by atoms with Gasteiger partial charge in [-0.25, -0.2) is 4.98 Å². The van der Waals surface area contributed by atoms with Crippen LogP contribution < -0.4 is 0 Å². The van der Waals surface area contributed by atoms with E-state index in [-0.39, 0.29) is 5.75 Å². The van der Waals surface area contributed by atoms with E-state index in [0.29, 0.717) is 13.0 Å². The van der Waals surface area contributed by atoms with Crippen LogP contribution in [-0.2, 0) is 13.0 Å². The third kappa shape index (κ3) is 3.46. The second-order valence-electron chi connectivity index (χ2n) is 5.86. The zero-order valence-electron chi connectivity index (χ0n) is 13.2. The molecule has 0 fully saturated rings. The van der Waals surface area contributed by atoms with E-state index in [1.54, 1.807) is 30.4 Å². The number of aliphatic hydroxyl groups is 1. The van der Waals surface area contributed by atoms with E-state index in [1.807, 2.05) is 23.0 Å². The molecule has 1 atom stereocenters. The molecule has 0 radical (unpaired) electrons. The zero-order chi connectivity index (χ0) is 16.4. The molecule has 1 aromatic carbocycles. The molecule has 2 aromatic heterocycles. The van der Waals surface area contributed by atoms with Gasteiger partial charge in [0, 0.05) is 29.6 Å². The first kappa shape index (κ1) is 15.8. The van der Waals surface area contributed by atoms with Crippen molar-refractivity contribution in [1.29, 1.82) is 0 Å². The quantitative estimate of drug-likeness (QED) is 0.752. The molecule has 4 nitrogen and oxygen atoms in total. The van der Waals surface area contributed by atoms with Crippen molar-refractivity contribution in [3.63, 3.8) is 0 Å². The molecule has 3 rings (SSSR count). The molecule has 0 saturated carbocycles. The van der Waals surface area contributed by atoms with E-state index in [4.69, 9.17) is 0 Å². The molecule has 0 aliphatic rings. The highest BCUT2D eigenvalue weighted by atomic mass is 32.1. The predicted octanol–water partition coefficient (Wildman–Crippen LogP) is 3.60. The number of phenols is 1. The molecule has 0 saturated heterocycles. The van der Waals surface area contributed by atoms with Crippen molar-refractivity contribution in [2.75, 3.05) is 0 Å². The Bertz CT molecular complexity index is 805. The number of nitrogens with zero attached hydrogens (tertiary/aromatic N) is 2. The SMILES string of the molecule is Cc1cscc1-c1ncn(Cc2cccc(O)c2)c1CC(C)O. The number of hydrogen-bond donors (Lipinski definition) is 2. The lowest BCUT2D eigenvalue weighted by Gasteiger charge is -2.12. The normalized spacial score (nSPS) is 12.5. The van der Waals surface area contributed by atoms with E-state index < -0.39 is 6.10 Å². The Kier molecular flexibility index (Phi) is 4.50. The summed E-state index contributed by atoms with van der Waals surface area (Å²) in [5.41, 5.74) is 5.28. The number of imidazole rings is 1. The summed E-state index contributed by atoms with van der Waals surface area (Å²) in [6, 6.07) is 7.22. The standard InChI is InChI=1S/C18H20N2O2S/c1-12-9-23-10-16(12)18-17(6-13(2)21)20(11-19-18)8-14-4-3-5-15(22)7-14/h3-5,7,9-11,13,21-22H,6,8H2,1-2H3. The summed E-state index contributed by atoms with van der Waals surface area (Å²) >= 11 is 1.66. The summed E-state index contributed by atoms with van der Waals surface area (Å²) in [6.07, 6.45) is 1.92. The van der Waals surface area contributed by atoms with Gasteiger partial charge in [0.2, 0.25) is 0 Å². The average Bonchev–Trinajstić information content (AvgIpc) is 3.06. The van der Waals surface area contributed by atoms with Gasteiger partial charge in [0.05, 0.1) is 18.1 Å². The minimum absolute atomic E-state index is 0.258. The Morgan fingerprint density at radius 2 is 2.13 bits per heavy atom. The average molecular weight is 328 g/mol.